The minimum Gasteiger partial charge on any atom is -0.465 e. The van der Waals surface area contributed by atoms with Crippen LogP contribution in [0.4, 0.5) is 0 Å². The van der Waals surface area contributed by atoms with E-state index >= 15 is 0 Å². The van der Waals surface area contributed by atoms with Gasteiger partial charge >= 0.3 is 5.97 Å². The minimum atomic E-state index is -2.47. The first-order valence-corrected chi connectivity index (χ1v) is 5.66. The van der Waals surface area contributed by atoms with Gasteiger partial charge in [-0.25, -0.2) is 4.79 Å². The fourth-order valence-electron chi connectivity index (χ4n) is 1.91. The lowest BCUT2D eigenvalue weighted by Crippen LogP contribution is -2.65. The van der Waals surface area contributed by atoms with Crippen LogP contribution in [0.3, 0.4) is 0 Å². The van der Waals surface area contributed by atoms with Crippen molar-refractivity contribution in [1.82, 2.24) is 0 Å². The second kappa shape index (κ2) is 6.09. The molecule has 0 bridgehead atoms. The number of methoxy groups -OCH3 is 1. The third kappa shape index (κ3) is 3.20. The SMILES string of the molecule is COC(=O)C1(O)C[C@H](O)[C@@H](N)[C@H]([C@H](O)[C@H](O)CO)O1. The molecule has 1 fully saturated rings. The topological polar surface area (TPSA) is 163 Å². The summed E-state index contributed by atoms with van der Waals surface area (Å²) in [5.41, 5.74) is 5.59. The third-order valence-corrected chi connectivity index (χ3v) is 3.06. The van der Waals surface area contributed by atoms with Crippen molar-refractivity contribution in [2.45, 2.75) is 42.7 Å². The molecule has 0 aliphatic carbocycles. The van der Waals surface area contributed by atoms with E-state index in [0.717, 1.165) is 7.11 Å². The van der Waals surface area contributed by atoms with Crippen molar-refractivity contribution in [3.63, 3.8) is 0 Å². The molecule has 9 nitrogen and oxygen atoms in total. The van der Waals surface area contributed by atoms with Crippen LogP contribution in [0.2, 0.25) is 0 Å². The largest absolute Gasteiger partial charge is 0.465 e. The molecular weight excluding hydrogens is 262 g/mol. The van der Waals surface area contributed by atoms with Crippen LogP contribution in [0.5, 0.6) is 0 Å². The van der Waals surface area contributed by atoms with Gasteiger partial charge in [0.1, 0.15) is 18.3 Å². The molecule has 0 aromatic rings. The number of ether oxygens (including phenoxy) is 2. The molecule has 7 N–H and O–H groups in total. The molecule has 9 heteroatoms. The van der Waals surface area contributed by atoms with Gasteiger partial charge in [-0.1, -0.05) is 0 Å². The molecular formula is C10H19NO8. The van der Waals surface area contributed by atoms with E-state index in [1.54, 1.807) is 0 Å². The van der Waals surface area contributed by atoms with Gasteiger partial charge in [-0.3, -0.25) is 0 Å². The maximum atomic E-state index is 11.4. The molecule has 0 aromatic heterocycles. The number of rotatable bonds is 4. The van der Waals surface area contributed by atoms with Crippen molar-refractivity contribution in [3.05, 3.63) is 0 Å². The van der Waals surface area contributed by atoms with Crippen molar-refractivity contribution in [3.8, 4) is 0 Å². The predicted molar refractivity (Wildman–Crippen MR) is 59.5 cm³/mol. The number of nitrogens with two attached hydrogens (primary N) is 1. The van der Waals surface area contributed by atoms with Gasteiger partial charge in [0, 0.05) is 6.42 Å². The Labute approximate surface area is 109 Å². The molecule has 1 unspecified atom stereocenters. The third-order valence-electron chi connectivity index (χ3n) is 3.06. The summed E-state index contributed by atoms with van der Waals surface area (Å²) in [6, 6.07) is -1.15. The van der Waals surface area contributed by atoms with Gasteiger partial charge in [-0.05, 0) is 0 Å². The number of esters is 1. The summed E-state index contributed by atoms with van der Waals surface area (Å²) in [6.45, 7) is -0.777. The Balaban J connectivity index is 2.94. The van der Waals surface area contributed by atoms with Crippen molar-refractivity contribution in [2.75, 3.05) is 13.7 Å². The zero-order valence-corrected chi connectivity index (χ0v) is 10.3. The van der Waals surface area contributed by atoms with Crippen molar-refractivity contribution in [1.29, 1.82) is 0 Å². The highest BCUT2D eigenvalue weighted by atomic mass is 16.7. The molecule has 19 heavy (non-hydrogen) atoms. The summed E-state index contributed by atoms with van der Waals surface area (Å²) < 4.78 is 9.30. The van der Waals surface area contributed by atoms with E-state index in [4.69, 9.17) is 15.6 Å². The van der Waals surface area contributed by atoms with Gasteiger partial charge in [0.15, 0.2) is 0 Å². The molecule has 1 aliphatic rings. The average molecular weight is 281 g/mol. The number of hydrogen-bond donors (Lipinski definition) is 6. The van der Waals surface area contributed by atoms with Gasteiger partial charge in [0.05, 0.1) is 25.9 Å². The van der Waals surface area contributed by atoms with Crippen LogP contribution in [0.1, 0.15) is 6.42 Å². The van der Waals surface area contributed by atoms with Crippen molar-refractivity contribution < 1.29 is 39.8 Å². The molecule has 1 rings (SSSR count). The molecule has 0 aromatic carbocycles. The van der Waals surface area contributed by atoms with Crippen LogP contribution in [0.25, 0.3) is 0 Å². The first kappa shape index (κ1) is 16.2. The van der Waals surface area contributed by atoms with E-state index in [1.165, 1.54) is 0 Å². The number of carbonyl (C=O) groups excluding carboxylic acids is 1. The Kier molecular flexibility index (Phi) is 5.21. The van der Waals surface area contributed by atoms with E-state index in [1.807, 2.05) is 0 Å². The number of aliphatic hydroxyl groups excluding tert-OH is 4. The summed E-state index contributed by atoms with van der Waals surface area (Å²) in [5, 5.41) is 47.4. The first-order valence-electron chi connectivity index (χ1n) is 5.66. The highest BCUT2D eigenvalue weighted by molar-refractivity contribution is 5.77. The Bertz CT molecular complexity index is 327. The van der Waals surface area contributed by atoms with E-state index in [9.17, 15) is 25.2 Å². The lowest BCUT2D eigenvalue weighted by atomic mass is 9.89. The van der Waals surface area contributed by atoms with Crippen LogP contribution in [0, 0.1) is 0 Å². The molecule has 0 amide bonds. The number of aliphatic hydroxyl groups is 5. The fourth-order valence-corrected chi connectivity index (χ4v) is 1.91. The van der Waals surface area contributed by atoms with Crippen LogP contribution in [-0.4, -0.2) is 81.5 Å². The van der Waals surface area contributed by atoms with Crippen molar-refractivity contribution in [2.24, 2.45) is 5.73 Å². The van der Waals surface area contributed by atoms with Crippen molar-refractivity contribution >= 4 is 5.97 Å². The normalized spacial score (nSPS) is 38.6. The Morgan fingerprint density at radius 1 is 1.58 bits per heavy atom. The molecule has 0 saturated carbocycles. The molecule has 0 radical (unpaired) electrons. The Hall–Kier alpha value is -0.810. The van der Waals surface area contributed by atoms with E-state index in [2.05, 4.69) is 4.74 Å². The second-order valence-electron chi connectivity index (χ2n) is 4.45. The van der Waals surface area contributed by atoms with Gasteiger partial charge in [0.25, 0.3) is 5.79 Å². The fraction of sp³-hybridized carbons (Fsp3) is 0.900. The summed E-state index contributed by atoms with van der Waals surface area (Å²) >= 11 is 0. The van der Waals surface area contributed by atoms with Crippen LogP contribution >= 0.6 is 0 Å². The highest BCUT2D eigenvalue weighted by Gasteiger charge is 2.52. The summed E-state index contributed by atoms with van der Waals surface area (Å²) in [7, 11) is 1.01. The quantitative estimate of drug-likeness (QED) is 0.282. The summed E-state index contributed by atoms with van der Waals surface area (Å²) in [5.74, 6) is -3.63. The monoisotopic (exact) mass is 281 g/mol. The molecule has 6 atom stereocenters. The van der Waals surface area contributed by atoms with Crippen LogP contribution in [0.15, 0.2) is 0 Å². The van der Waals surface area contributed by atoms with E-state index in [-0.39, 0.29) is 0 Å². The van der Waals surface area contributed by atoms with E-state index in [0.29, 0.717) is 0 Å². The second-order valence-corrected chi connectivity index (χ2v) is 4.45. The Morgan fingerprint density at radius 2 is 2.16 bits per heavy atom. The zero-order valence-electron chi connectivity index (χ0n) is 10.3. The summed E-state index contributed by atoms with van der Waals surface area (Å²) in [4.78, 5) is 11.4. The highest BCUT2D eigenvalue weighted by Crippen LogP contribution is 2.30. The Morgan fingerprint density at radius 3 is 2.63 bits per heavy atom. The van der Waals surface area contributed by atoms with Gasteiger partial charge in [-0.15, -0.1) is 0 Å². The first-order chi connectivity index (χ1) is 8.76. The van der Waals surface area contributed by atoms with Gasteiger partial charge in [0.2, 0.25) is 0 Å². The number of hydrogen-bond acceptors (Lipinski definition) is 9. The van der Waals surface area contributed by atoms with E-state index < -0.39 is 55.2 Å². The lowest BCUT2D eigenvalue weighted by Gasteiger charge is -2.43. The lowest BCUT2D eigenvalue weighted by molar-refractivity contribution is -0.294. The standard InChI is InChI=1S/C10H19NO8/c1-18-9(16)10(17)2-4(13)6(11)8(19-10)7(15)5(14)3-12/h4-8,12-15,17H,2-3,11H2,1H3/t4-,5+,6+,7+,8+,10?/m0/s1. The zero-order chi connectivity index (χ0) is 14.8. The van der Waals surface area contributed by atoms with Crippen LogP contribution < -0.4 is 5.73 Å². The summed E-state index contributed by atoms with van der Waals surface area (Å²) in [6.07, 6.45) is -6.62. The van der Waals surface area contributed by atoms with Gasteiger partial charge in [-0.2, -0.15) is 0 Å². The average Bonchev–Trinajstić information content (AvgIpc) is 2.40. The molecule has 1 aliphatic heterocycles. The molecule has 0 spiro atoms. The minimum absolute atomic E-state index is 0.528. The maximum Gasteiger partial charge on any atom is 0.366 e. The number of carbonyl (C=O) groups is 1. The molecule has 1 heterocycles. The smallest absolute Gasteiger partial charge is 0.366 e. The maximum absolute atomic E-state index is 11.4. The molecule has 112 valence electrons. The van der Waals surface area contributed by atoms with Gasteiger partial charge < -0.3 is 40.7 Å². The van der Waals surface area contributed by atoms with Crippen LogP contribution in [-0.2, 0) is 14.3 Å². The predicted octanol–water partition coefficient (Wildman–Crippen LogP) is -3.96. The molecule has 1 saturated heterocycles.